The number of β-amino-alcohol motifs (C(OH)–C–C–N with tert-alkyl or cyclic N) is 1. The van der Waals surface area contributed by atoms with Crippen LogP contribution in [0.25, 0.3) is 4.85 Å². The summed E-state index contributed by atoms with van der Waals surface area (Å²) in [6, 6.07) is 9.00. The fourth-order valence-corrected chi connectivity index (χ4v) is 5.25. The molecule has 1 aliphatic rings. The minimum Gasteiger partial charge on any atom is -0.486 e. The highest BCUT2D eigenvalue weighted by Crippen LogP contribution is 2.35. The predicted octanol–water partition coefficient (Wildman–Crippen LogP) is 2.47. The molecule has 1 heterocycles. The number of sulfonamides is 1. The van der Waals surface area contributed by atoms with Gasteiger partial charge >= 0.3 is 0 Å². The molecule has 2 N–H and O–H groups in total. The van der Waals surface area contributed by atoms with Crippen LogP contribution in [0.1, 0.15) is 12.5 Å². The van der Waals surface area contributed by atoms with Gasteiger partial charge in [0.1, 0.15) is 28.2 Å². The van der Waals surface area contributed by atoms with E-state index in [4.69, 9.17) is 28.2 Å². The van der Waals surface area contributed by atoms with Crippen LogP contribution < -0.4 is 4.74 Å². The van der Waals surface area contributed by atoms with Gasteiger partial charge in [0.15, 0.2) is 0 Å². The smallest absolute Gasteiger partial charge is 0.244 e. The fourth-order valence-electron chi connectivity index (χ4n) is 3.25. The molecule has 0 aliphatic carbocycles. The number of aliphatic hydroxyl groups excluding tert-OH is 1. The molecule has 0 aromatic heterocycles. The molecule has 3 atom stereocenters. The average Bonchev–Trinajstić information content (AvgIpc) is 3.06. The number of nitrogens with zero attached hydrogens (tertiary/aromatic N) is 3. The molecule has 0 unspecified atom stereocenters. The summed E-state index contributed by atoms with van der Waals surface area (Å²) in [6.07, 6.45) is -2.63. The lowest BCUT2D eigenvalue weighted by atomic mass is 9.94. The summed E-state index contributed by atoms with van der Waals surface area (Å²) >= 11 is 6.05. The molecule has 0 bridgehead atoms. The Hall–Kier alpha value is -2.73. The monoisotopic (exact) mass is 465 g/mol. The first-order chi connectivity index (χ1) is 14.5. The van der Waals surface area contributed by atoms with Gasteiger partial charge in [0, 0.05) is 12.6 Å². The van der Waals surface area contributed by atoms with Gasteiger partial charge in [0.2, 0.25) is 15.7 Å². The second-order valence-electron chi connectivity index (χ2n) is 7.05. The highest BCUT2D eigenvalue weighted by atomic mass is 35.5. The number of aliphatic hydroxyl groups is 2. The van der Waals surface area contributed by atoms with Gasteiger partial charge in [-0.3, -0.25) is 0 Å². The maximum Gasteiger partial charge on any atom is 0.244 e. The number of ether oxygens (including phenoxy) is 1. The Morgan fingerprint density at radius 1 is 1.42 bits per heavy atom. The molecule has 0 spiro atoms. The Morgan fingerprint density at radius 2 is 2.13 bits per heavy atom. The molecule has 0 amide bonds. The molecule has 2 aromatic rings. The van der Waals surface area contributed by atoms with Crippen LogP contribution in [0.4, 0.5) is 10.1 Å². The van der Waals surface area contributed by atoms with Crippen molar-refractivity contribution in [1.82, 2.24) is 4.31 Å². The van der Waals surface area contributed by atoms with Crippen LogP contribution in [-0.2, 0) is 10.0 Å². The van der Waals surface area contributed by atoms with Crippen molar-refractivity contribution < 1.29 is 27.8 Å². The first kappa shape index (κ1) is 22.9. The van der Waals surface area contributed by atoms with Gasteiger partial charge in [-0.2, -0.15) is 9.57 Å². The van der Waals surface area contributed by atoms with E-state index in [1.54, 1.807) is 0 Å². The Labute approximate surface area is 183 Å². The second-order valence-corrected chi connectivity index (χ2v) is 9.37. The molecule has 1 aliphatic heterocycles. The van der Waals surface area contributed by atoms with Gasteiger partial charge in [-0.25, -0.2) is 17.7 Å². The van der Waals surface area contributed by atoms with Crippen molar-refractivity contribution in [3.63, 3.8) is 0 Å². The van der Waals surface area contributed by atoms with E-state index in [2.05, 4.69) is 4.85 Å². The topological polar surface area (TPSA) is 115 Å². The van der Waals surface area contributed by atoms with E-state index in [0.29, 0.717) is 0 Å². The number of nitriles is 1. The van der Waals surface area contributed by atoms with Crippen molar-refractivity contribution in [2.75, 3.05) is 13.1 Å². The molecule has 11 heteroatoms. The van der Waals surface area contributed by atoms with Gasteiger partial charge in [-0.15, -0.1) is 0 Å². The lowest BCUT2D eigenvalue weighted by Gasteiger charge is -2.31. The van der Waals surface area contributed by atoms with Gasteiger partial charge < -0.3 is 14.9 Å². The largest absolute Gasteiger partial charge is 0.486 e. The average molecular weight is 466 g/mol. The number of halogens is 2. The van der Waals surface area contributed by atoms with E-state index >= 15 is 0 Å². The van der Waals surface area contributed by atoms with Crippen molar-refractivity contribution >= 4 is 27.3 Å². The number of hydrogen-bond acceptors (Lipinski definition) is 6. The molecule has 3 rings (SSSR count). The van der Waals surface area contributed by atoms with Gasteiger partial charge in [-0.1, -0.05) is 11.6 Å². The van der Waals surface area contributed by atoms with Crippen LogP contribution >= 0.6 is 11.6 Å². The second kappa shape index (κ2) is 8.42. The highest BCUT2D eigenvalue weighted by Gasteiger charge is 2.54. The van der Waals surface area contributed by atoms with Crippen LogP contribution in [0.2, 0.25) is 5.02 Å². The Kier molecular flexibility index (Phi) is 6.23. The van der Waals surface area contributed by atoms with Gasteiger partial charge in [0.05, 0.1) is 35.9 Å². The van der Waals surface area contributed by atoms with Crippen LogP contribution in [0.15, 0.2) is 41.3 Å². The van der Waals surface area contributed by atoms with Crippen LogP contribution in [0.5, 0.6) is 5.75 Å². The van der Waals surface area contributed by atoms with Crippen molar-refractivity contribution in [2.45, 2.75) is 29.6 Å². The quantitative estimate of drug-likeness (QED) is 0.655. The summed E-state index contributed by atoms with van der Waals surface area (Å²) in [5, 5.41) is 29.9. The zero-order valence-electron chi connectivity index (χ0n) is 16.2. The van der Waals surface area contributed by atoms with Crippen molar-refractivity contribution in [3.8, 4) is 11.8 Å². The summed E-state index contributed by atoms with van der Waals surface area (Å²) in [5.74, 6) is -0.871. The molecule has 0 radical (unpaired) electrons. The maximum atomic E-state index is 13.9. The van der Waals surface area contributed by atoms with E-state index in [9.17, 15) is 23.0 Å². The Balaban J connectivity index is 1.94. The number of benzene rings is 2. The van der Waals surface area contributed by atoms with E-state index in [1.807, 2.05) is 6.07 Å². The number of rotatable bonds is 5. The molecule has 162 valence electrons. The van der Waals surface area contributed by atoms with Crippen molar-refractivity contribution in [1.29, 1.82) is 5.26 Å². The van der Waals surface area contributed by atoms with E-state index < -0.39 is 40.2 Å². The predicted molar refractivity (Wildman–Crippen MR) is 109 cm³/mol. The summed E-state index contributed by atoms with van der Waals surface area (Å²) in [6.45, 7) is 7.31. The molecule has 1 fully saturated rings. The molecule has 0 saturated carbocycles. The maximum absolute atomic E-state index is 13.9. The first-order valence-electron chi connectivity index (χ1n) is 8.97. The van der Waals surface area contributed by atoms with Crippen LogP contribution in [0.3, 0.4) is 0 Å². The SMILES string of the molecule is [C-]#[N+]c1ccc(O[C@H]2CN(S(=O)(=O)c3ccc(C#N)cc3Cl)C[C@@]2(O)[C@H](C)O)cc1F. The standard InChI is InChI=1S/C20H17ClFN3O5S/c1-12(26)20(27)11-25(31(28,29)18-6-3-13(9-23)7-15(18)21)10-19(20)30-14-4-5-17(24-2)16(22)8-14/h3-8,12,19,26-27H,10-11H2,1H3/t12-,19-,20+/m0/s1. The molecule has 1 saturated heterocycles. The zero-order chi connectivity index (χ0) is 23.0. The normalized spacial score (nSPS) is 22.5. The third kappa shape index (κ3) is 4.22. The lowest BCUT2D eigenvalue weighted by molar-refractivity contribution is -0.104. The Morgan fingerprint density at radius 3 is 2.68 bits per heavy atom. The van der Waals surface area contributed by atoms with E-state index in [0.717, 1.165) is 10.4 Å². The fraction of sp³-hybridized carbons (Fsp3) is 0.300. The first-order valence-corrected chi connectivity index (χ1v) is 10.8. The van der Waals surface area contributed by atoms with Gasteiger partial charge in [0.25, 0.3) is 0 Å². The van der Waals surface area contributed by atoms with Crippen LogP contribution in [-0.4, -0.2) is 53.8 Å². The summed E-state index contributed by atoms with van der Waals surface area (Å²) < 4.78 is 46.7. The van der Waals surface area contributed by atoms with Gasteiger partial charge in [-0.05, 0) is 37.3 Å². The third-order valence-corrected chi connectivity index (χ3v) is 7.37. The van der Waals surface area contributed by atoms with E-state index in [1.165, 1.54) is 37.3 Å². The summed E-state index contributed by atoms with van der Waals surface area (Å²) in [7, 11) is -4.22. The molecule has 2 aromatic carbocycles. The molecular weight excluding hydrogens is 449 g/mol. The molecule has 31 heavy (non-hydrogen) atoms. The zero-order valence-corrected chi connectivity index (χ0v) is 17.7. The summed E-state index contributed by atoms with van der Waals surface area (Å²) in [5.41, 5.74) is -2.04. The van der Waals surface area contributed by atoms with E-state index in [-0.39, 0.29) is 33.5 Å². The molecular formula is C20H17ClFN3O5S. The van der Waals surface area contributed by atoms with Crippen LogP contribution in [0, 0.1) is 23.7 Å². The van der Waals surface area contributed by atoms with Crippen molar-refractivity contribution in [3.05, 3.63) is 64.2 Å². The third-order valence-electron chi connectivity index (χ3n) is 5.08. The Bertz CT molecular complexity index is 1210. The highest BCUT2D eigenvalue weighted by molar-refractivity contribution is 7.89. The number of hydrogen-bond donors (Lipinski definition) is 2. The lowest BCUT2D eigenvalue weighted by Crippen LogP contribution is -2.53. The van der Waals surface area contributed by atoms with Crippen molar-refractivity contribution in [2.24, 2.45) is 0 Å². The summed E-state index contributed by atoms with van der Waals surface area (Å²) in [4.78, 5) is 2.74. The molecule has 8 nitrogen and oxygen atoms in total. The minimum atomic E-state index is -4.22. The minimum absolute atomic E-state index is 0.0374.